The number of pyridine rings is 1. The highest BCUT2D eigenvalue weighted by Gasteiger charge is 2.27. The third-order valence-corrected chi connectivity index (χ3v) is 5.17. The minimum atomic E-state index is -0.210. The summed E-state index contributed by atoms with van der Waals surface area (Å²) in [7, 11) is 5.87. The zero-order valence-electron chi connectivity index (χ0n) is 17.7. The SMILES string of the molecule is CN(C)CCOc1cnc(Cl)c(OC2C=CC3N=CNC(Nc4ccn(C)n4)=C3C2)c1. The van der Waals surface area contributed by atoms with Crippen LogP contribution in [0.15, 0.2) is 53.1 Å². The number of nitrogens with one attached hydrogen (secondary N) is 2. The number of likely N-dealkylation sites (N-methyl/N-ethyl adjacent to an activating group) is 1. The van der Waals surface area contributed by atoms with E-state index in [2.05, 4.69) is 30.6 Å². The predicted molar refractivity (Wildman–Crippen MR) is 121 cm³/mol. The quantitative estimate of drug-likeness (QED) is 0.478. The summed E-state index contributed by atoms with van der Waals surface area (Å²) in [6.07, 6.45) is 9.65. The Bertz CT molecular complexity index is 1010. The van der Waals surface area contributed by atoms with Crippen LogP contribution in [-0.2, 0) is 7.05 Å². The fourth-order valence-electron chi connectivity index (χ4n) is 3.30. The number of nitrogens with zero attached hydrogens (tertiary/aromatic N) is 5. The lowest BCUT2D eigenvalue weighted by atomic mass is 9.93. The molecule has 2 aliphatic rings. The Kier molecular flexibility index (Phi) is 6.43. The summed E-state index contributed by atoms with van der Waals surface area (Å²) < 4.78 is 13.7. The van der Waals surface area contributed by atoms with Gasteiger partial charge < -0.3 is 25.0 Å². The minimum Gasteiger partial charge on any atom is -0.490 e. The number of ether oxygens (including phenoxy) is 2. The Morgan fingerprint density at radius 2 is 2.23 bits per heavy atom. The van der Waals surface area contributed by atoms with Crippen molar-refractivity contribution in [3.05, 3.63) is 53.2 Å². The van der Waals surface area contributed by atoms with E-state index in [0.29, 0.717) is 29.7 Å². The smallest absolute Gasteiger partial charge is 0.171 e. The van der Waals surface area contributed by atoms with Crippen molar-refractivity contribution in [2.75, 3.05) is 32.6 Å². The molecule has 10 heteroatoms. The summed E-state index contributed by atoms with van der Waals surface area (Å²) in [5.74, 6) is 2.74. The van der Waals surface area contributed by atoms with E-state index in [1.165, 1.54) is 0 Å². The van der Waals surface area contributed by atoms with Gasteiger partial charge >= 0.3 is 0 Å². The molecule has 2 aromatic rings. The molecule has 2 N–H and O–H groups in total. The van der Waals surface area contributed by atoms with Crippen molar-refractivity contribution < 1.29 is 9.47 Å². The fraction of sp³-hybridized carbons (Fsp3) is 0.381. The van der Waals surface area contributed by atoms with Crippen LogP contribution in [0.4, 0.5) is 5.82 Å². The van der Waals surface area contributed by atoms with E-state index in [1.807, 2.05) is 45.6 Å². The third-order valence-electron chi connectivity index (χ3n) is 4.89. The molecule has 0 aromatic carbocycles. The van der Waals surface area contributed by atoms with Crippen molar-refractivity contribution in [2.45, 2.75) is 18.6 Å². The Labute approximate surface area is 186 Å². The molecule has 3 heterocycles. The molecule has 9 nitrogen and oxygen atoms in total. The van der Waals surface area contributed by atoms with Crippen LogP contribution in [0.2, 0.25) is 5.15 Å². The van der Waals surface area contributed by atoms with Crippen LogP contribution in [0.5, 0.6) is 11.5 Å². The van der Waals surface area contributed by atoms with Gasteiger partial charge in [0.05, 0.1) is 18.6 Å². The van der Waals surface area contributed by atoms with Gasteiger partial charge in [-0.3, -0.25) is 9.67 Å². The van der Waals surface area contributed by atoms with Gasteiger partial charge in [-0.1, -0.05) is 17.7 Å². The molecule has 1 aliphatic carbocycles. The number of hydrogen-bond donors (Lipinski definition) is 2. The topological polar surface area (TPSA) is 88.8 Å². The molecule has 1 aliphatic heterocycles. The van der Waals surface area contributed by atoms with Crippen LogP contribution < -0.4 is 20.1 Å². The average molecular weight is 444 g/mol. The van der Waals surface area contributed by atoms with Crippen molar-refractivity contribution in [3.63, 3.8) is 0 Å². The van der Waals surface area contributed by atoms with Gasteiger partial charge in [0, 0.05) is 43.9 Å². The normalized spacial score (nSPS) is 19.9. The van der Waals surface area contributed by atoms with Crippen molar-refractivity contribution in [2.24, 2.45) is 12.0 Å². The molecule has 0 bridgehead atoms. The van der Waals surface area contributed by atoms with Crippen LogP contribution in [0.1, 0.15) is 6.42 Å². The van der Waals surface area contributed by atoms with Crippen molar-refractivity contribution in [1.29, 1.82) is 0 Å². The number of anilines is 1. The van der Waals surface area contributed by atoms with E-state index < -0.39 is 0 Å². The second-order valence-corrected chi connectivity index (χ2v) is 7.98. The highest BCUT2D eigenvalue weighted by Crippen LogP contribution is 2.32. The number of rotatable bonds is 8. The van der Waals surface area contributed by atoms with Crippen molar-refractivity contribution >= 4 is 23.8 Å². The van der Waals surface area contributed by atoms with Crippen LogP contribution >= 0.6 is 11.6 Å². The number of aromatic nitrogens is 3. The maximum Gasteiger partial charge on any atom is 0.171 e. The molecular weight excluding hydrogens is 418 g/mol. The molecule has 0 saturated carbocycles. The summed E-state index contributed by atoms with van der Waals surface area (Å²) in [6.45, 7) is 1.36. The Balaban J connectivity index is 1.47. The summed E-state index contributed by atoms with van der Waals surface area (Å²) in [6, 6.07) is 3.65. The lowest BCUT2D eigenvalue weighted by molar-refractivity contribution is 0.236. The van der Waals surface area contributed by atoms with Gasteiger partial charge in [-0.2, -0.15) is 5.10 Å². The van der Waals surface area contributed by atoms with Gasteiger partial charge in [0.2, 0.25) is 0 Å². The molecule has 0 amide bonds. The lowest BCUT2D eigenvalue weighted by Crippen LogP contribution is -2.33. The fourth-order valence-corrected chi connectivity index (χ4v) is 3.45. The maximum atomic E-state index is 6.28. The van der Waals surface area contributed by atoms with Crippen LogP contribution in [0, 0.1) is 0 Å². The second kappa shape index (κ2) is 9.40. The van der Waals surface area contributed by atoms with Gasteiger partial charge in [-0.25, -0.2) is 4.98 Å². The molecule has 0 spiro atoms. The first kappa shape index (κ1) is 21.2. The number of fused-ring (bicyclic) bond motifs is 1. The van der Waals surface area contributed by atoms with E-state index in [0.717, 1.165) is 23.8 Å². The Morgan fingerprint density at radius 3 is 3.00 bits per heavy atom. The average Bonchev–Trinajstić information content (AvgIpc) is 3.15. The highest BCUT2D eigenvalue weighted by molar-refractivity contribution is 6.30. The van der Waals surface area contributed by atoms with Crippen LogP contribution in [0.3, 0.4) is 0 Å². The summed E-state index contributed by atoms with van der Waals surface area (Å²) in [5, 5.41) is 11.2. The zero-order valence-corrected chi connectivity index (χ0v) is 18.5. The van der Waals surface area contributed by atoms with E-state index in [9.17, 15) is 0 Å². The van der Waals surface area contributed by atoms with E-state index in [1.54, 1.807) is 23.3 Å². The predicted octanol–water partition coefficient (Wildman–Crippen LogP) is 2.44. The van der Waals surface area contributed by atoms with E-state index in [-0.39, 0.29) is 12.1 Å². The first-order chi connectivity index (χ1) is 15.0. The monoisotopic (exact) mass is 443 g/mol. The summed E-state index contributed by atoms with van der Waals surface area (Å²) >= 11 is 6.28. The first-order valence-corrected chi connectivity index (χ1v) is 10.4. The van der Waals surface area contributed by atoms with E-state index >= 15 is 0 Å². The standard InChI is InChI=1S/C21H26ClN7O2/c1-28(2)8-9-30-15-11-18(20(22)23-12-15)31-14-4-5-17-16(10-14)21(25-13-24-17)26-19-6-7-29(3)27-19/h4-7,11-14,17H,8-10H2,1-3H3,(H,24,25)(H,26,27). The molecule has 2 unspecified atom stereocenters. The molecule has 2 aromatic heterocycles. The number of aryl methyl sites for hydroxylation is 1. The summed E-state index contributed by atoms with van der Waals surface area (Å²) in [4.78, 5) is 10.8. The molecule has 164 valence electrons. The first-order valence-electron chi connectivity index (χ1n) is 10.0. The number of aliphatic imine (C=N–C) groups is 1. The lowest BCUT2D eigenvalue weighted by Gasteiger charge is -2.29. The maximum absolute atomic E-state index is 6.28. The van der Waals surface area contributed by atoms with Gasteiger partial charge in [-0.05, 0) is 20.2 Å². The highest BCUT2D eigenvalue weighted by atomic mass is 35.5. The second-order valence-electron chi connectivity index (χ2n) is 7.62. The molecule has 2 atom stereocenters. The Hall–Kier alpha value is -3.04. The molecule has 0 fully saturated rings. The molecule has 31 heavy (non-hydrogen) atoms. The van der Waals surface area contributed by atoms with Gasteiger partial charge in [0.15, 0.2) is 16.7 Å². The van der Waals surface area contributed by atoms with Gasteiger partial charge in [0.25, 0.3) is 0 Å². The number of hydrogen-bond acceptors (Lipinski definition) is 8. The minimum absolute atomic E-state index is 0.0402. The zero-order chi connectivity index (χ0) is 21.8. The molecule has 0 saturated heterocycles. The van der Waals surface area contributed by atoms with Crippen LogP contribution in [0.25, 0.3) is 0 Å². The molecule has 4 rings (SSSR count). The van der Waals surface area contributed by atoms with Crippen LogP contribution in [-0.4, -0.2) is 65.4 Å². The third kappa shape index (κ3) is 5.36. The summed E-state index contributed by atoms with van der Waals surface area (Å²) in [5.41, 5.74) is 1.09. The van der Waals surface area contributed by atoms with Gasteiger partial charge in [-0.15, -0.1) is 0 Å². The Morgan fingerprint density at radius 1 is 1.35 bits per heavy atom. The molecule has 0 radical (unpaired) electrons. The van der Waals surface area contributed by atoms with Crippen molar-refractivity contribution in [1.82, 2.24) is 25.0 Å². The molecular formula is C21H26ClN7O2. The van der Waals surface area contributed by atoms with Crippen molar-refractivity contribution in [3.8, 4) is 11.5 Å². The number of halogens is 1. The van der Waals surface area contributed by atoms with Gasteiger partial charge in [0.1, 0.15) is 24.3 Å². The largest absolute Gasteiger partial charge is 0.490 e. The van der Waals surface area contributed by atoms with E-state index in [4.69, 9.17) is 21.1 Å².